The van der Waals surface area contributed by atoms with Gasteiger partial charge in [0.1, 0.15) is 11.9 Å². The molecule has 2 heterocycles. The monoisotopic (exact) mass is 410 g/mol. The fourth-order valence-electron chi connectivity index (χ4n) is 4.84. The van der Waals surface area contributed by atoms with Crippen LogP contribution in [0.3, 0.4) is 0 Å². The molecule has 1 aromatic carbocycles. The molecule has 160 valence electrons. The van der Waals surface area contributed by atoms with Crippen LogP contribution >= 0.6 is 0 Å². The van der Waals surface area contributed by atoms with E-state index in [0.717, 1.165) is 45.3 Å². The van der Waals surface area contributed by atoms with Gasteiger partial charge in [0, 0.05) is 25.5 Å². The van der Waals surface area contributed by atoms with Gasteiger partial charge in [-0.15, -0.1) is 0 Å². The predicted octanol–water partition coefficient (Wildman–Crippen LogP) is 2.95. The highest BCUT2D eigenvalue weighted by molar-refractivity contribution is 5.89. The Morgan fingerprint density at radius 3 is 2.80 bits per heavy atom. The smallest absolute Gasteiger partial charge is 0.337 e. The molecule has 1 aliphatic carbocycles. The Balaban J connectivity index is 1.29. The second-order valence-corrected chi connectivity index (χ2v) is 8.46. The Morgan fingerprint density at radius 1 is 1.20 bits per heavy atom. The molecule has 1 saturated heterocycles. The highest BCUT2D eigenvalue weighted by atomic mass is 16.5. The average molecular weight is 411 g/mol. The zero-order valence-corrected chi connectivity index (χ0v) is 17.4. The number of hydrogen-bond acceptors (Lipinski definition) is 6. The van der Waals surface area contributed by atoms with E-state index in [0.29, 0.717) is 23.1 Å². The van der Waals surface area contributed by atoms with Crippen LogP contribution in [-0.2, 0) is 11.2 Å². The van der Waals surface area contributed by atoms with Gasteiger partial charge in [0.2, 0.25) is 0 Å². The number of pyridine rings is 1. The number of esters is 1. The number of aliphatic hydroxyl groups is 1. The molecule has 1 aromatic heterocycles. The number of aryl methyl sites for hydroxylation is 1. The van der Waals surface area contributed by atoms with Crippen LogP contribution in [-0.4, -0.2) is 59.9 Å². The minimum absolute atomic E-state index is 0.241. The summed E-state index contributed by atoms with van der Waals surface area (Å²) < 4.78 is 10.9. The molecule has 2 aromatic rings. The van der Waals surface area contributed by atoms with Gasteiger partial charge >= 0.3 is 5.97 Å². The van der Waals surface area contributed by atoms with E-state index in [9.17, 15) is 9.90 Å². The molecule has 2 fully saturated rings. The number of hydrogen-bond donors (Lipinski definition) is 1. The first-order valence-corrected chi connectivity index (χ1v) is 10.8. The van der Waals surface area contributed by atoms with E-state index in [2.05, 4.69) is 16.0 Å². The summed E-state index contributed by atoms with van der Waals surface area (Å²) in [5, 5.41) is 10.7. The number of rotatable bonds is 7. The number of carbonyl (C=O) groups is 1. The molecule has 6 nitrogen and oxygen atoms in total. The highest BCUT2D eigenvalue weighted by Crippen LogP contribution is 2.38. The zero-order valence-electron chi connectivity index (χ0n) is 17.4. The predicted molar refractivity (Wildman–Crippen MR) is 113 cm³/mol. The van der Waals surface area contributed by atoms with Crippen molar-refractivity contribution in [2.75, 3.05) is 26.7 Å². The number of nitrogens with zero attached hydrogens (tertiary/aromatic N) is 2. The van der Waals surface area contributed by atoms with Crippen LogP contribution in [0.4, 0.5) is 0 Å². The Morgan fingerprint density at radius 2 is 2.03 bits per heavy atom. The van der Waals surface area contributed by atoms with Crippen molar-refractivity contribution in [1.29, 1.82) is 0 Å². The van der Waals surface area contributed by atoms with Crippen molar-refractivity contribution in [3.8, 4) is 5.75 Å². The SMILES string of the molecule is COC(=O)c1cccc(O[C@@H]2C[C@@H]3CN(CCCc4cccnc4)C[C@@H]3C[C@H]2O)c1. The van der Waals surface area contributed by atoms with Crippen molar-refractivity contribution in [1.82, 2.24) is 9.88 Å². The van der Waals surface area contributed by atoms with Gasteiger partial charge in [0.05, 0.1) is 18.8 Å². The van der Waals surface area contributed by atoms with E-state index in [1.165, 1.54) is 12.7 Å². The van der Waals surface area contributed by atoms with Gasteiger partial charge in [0.25, 0.3) is 0 Å². The average Bonchev–Trinajstić information content (AvgIpc) is 3.15. The summed E-state index contributed by atoms with van der Waals surface area (Å²) in [4.78, 5) is 18.5. The normalized spacial score (nSPS) is 26.2. The summed E-state index contributed by atoms with van der Waals surface area (Å²) in [5.41, 5.74) is 1.74. The zero-order chi connectivity index (χ0) is 20.9. The highest BCUT2D eigenvalue weighted by Gasteiger charge is 2.42. The lowest BCUT2D eigenvalue weighted by Gasteiger charge is -2.35. The van der Waals surface area contributed by atoms with Crippen molar-refractivity contribution >= 4 is 5.97 Å². The van der Waals surface area contributed by atoms with E-state index in [-0.39, 0.29) is 12.1 Å². The van der Waals surface area contributed by atoms with Gasteiger partial charge in [-0.2, -0.15) is 0 Å². The Labute approximate surface area is 177 Å². The Kier molecular flexibility index (Phi) is 6.65. The molecule has 0 spiro atoms. The molecule has 0 unspecified atom stereocenters. The van der Waals surface area contributed by atoms with E-state index in [4.69, 9.17) is 9.47 Å². The fourth-order valence-corrected chi connectivity index (χ4v) is 4.84. The van der Waals surface area contributed by atoms with E-state index >= 15 is 0 Å². The van der Waals surface area contributed by atoms with Crippen molar-refractivity contribution < 1.29 is 19.4 Å². The Hall–Kier alpha value is -2.44. The van der Waals surface area contributed by atoms with Crippen LogP contribution in [0.25, 0.3) is 0 Å². The quantitative estimate of drug-likeness (QED) is 0.708. The number of carbonyl (C=O) groups excluding carboxylic acids is 1. The number of benzene rings is 1. The second kappa shape index (κ2) is 9.58. The maximum absolute atomic E-state index is 11.7. The van der Waals surface area contributed by atoms with Crippen LogP contribution < -0.4 is 4.74 Å². The molecule has 4 rings (SSSR count). The van der Waals surface area contributed by atoms with Crippen molar-refractivity contribution in [3.05, 3.63) is 59.9 Å². The molecular formula is C24H30N2O4. The number of aliphatic hydroxyl groups excluding tert-OH is 1. The van der Waals surface area contributed by atoms with E-state index in [1.54, 1.807) is 18.2 Å². The summed E-state index contributed by atoms with van der Waals surface area (Å²) in [7, 11) is 1.36. The standard InChI is InChI=1S/C24H30N2O4/c1-29-24(28)18-7-2-8-21(11-18)30-23-13-20-16-26(15-19(20)12-22(23)27)10-4-6-17-5-3-9-25-14-17/h2-3,5,7-9,11,14,19-20,22-23,27H,4,6,10,12-13,15-16H2,1H3/t19-,20+,22+,23+/m0/s1. The van der Waals surface area contributed by atoms with Crippen LogP contribution in [0, 0.1) is 11.8 Å². The van der Waals surface area contributed by atoms with E-state index < -0.39 is 6.10 Å². The van der Waals surface area contributed by atoms with Gasteiger partial charge in [-0.1, -0.05) is 12.1 Å². The third-order valence-corrected chi connectivity index (χ3v) is 6.37. The van der Waals surface area contributed by atoms with Crippen LogP contribution in [0.5, 0.6) is 5.75 Å². The molecule has 0 amide bonds. The summed E-state index contributed by atoms with van der Waals surface area (Å²) in [6, 6.07) is 11.1. The third-order valence-electron chi connectivity index (χ3n) is 6.37. The first-order chi connectivity index (χ1) is 14.6. The fraction of sp³-hybridized carbons (Fsp3) is 0.500. The molecule has 0 radical (unpaired) electrons. The van der Waals surface area contributed by atoms with Gasteiger partial charge in [-0.25, -0.2) is 4.79 Å². The lowest BCUT2D eigenvalue weighted by Crippen LogP contribution is -2.42. The summed E-state index contributed by atoms with van der Waals surface area (Å²) >= 11 is 0. The number of aromatic nitrogens is 1. The van der Waals surface area contributed by atoms with Gasteiger partial charge in [0.15, 0.2) is 0 Å². The molecule has 1 aliphatic heterocycles. The first kappa shape index (κ1) is 20.8. The summed E-state index contributed by atoms with van der Waals surface area (Å²) in [5.74, 6) is 1.29. The molecule has 30 heavy (non-hydrogen) atoms. The second-order valence-electron chi connectivity index (χ2n) is 8.46. The number of methoxy groups -OCH3 is 1. The minimum atomic E-state index is -0.483. The number of ether oxygens (including phenoxy) is 2. The summed E-state index contributed by atoms with van der Waals surface area (Å²) in [6.07, 6.45) is 6.80. The van der Waals surface area contributed by atoms with Crippen LogP contribution in [0.2, 0.25) is 0 Å². The molecule has 6 heteroatoms. The Bertz CT molecular complexity index is 844. The minimum Gasteiger partial charge on any atom is -0.488 e. The maximum Gasteiger partial charge on any atom is 0.337 e. The lowest BCUT2D eigenvalue weighted by atomic mass is 9.78. The molecule has 1 saturated carbocycles. The largest absolute Gasteiger partial charge is 0.488 e. The first-order valence-electron chi connectivity index (χ1n) is 10.8. The van der Waals surface area contributed by atoms with Crippen molar-refractivity contribution in [2.45, 2.75) is 37.9 Å². The van der Waals surface area contributed by atoms with Crippen molar-refractivity contribution in [2.24, 2.45) is 11.8 Å². The van der Waals surface area contributed by atoms with Gasteiger partial charge in [-0.05, 0) is 73.9 Å². The molecule has 1 N–H and O–H groups in total. The van der Waals surface area contributed by atoms with Crippen LogP contribution in [0.1, 0.15) is 35.2 Å². The topological polar surface area (TPSA) is 71.9 Å². The van der Waals surface area contributed by atoms with Gasteiger partial charge in [-0.3, -0.25) is 4.98 Å². The maximum atomic E-state index is 11.7. The number of likely N-dealkylation sites (tertiary alicyclic amines) is 1. The molecular weight excluding hydrogens is 380 g/mol. The van der Waals surface area contributed by atoms with E-state index in [1.807, 2.05) is 24.5 Å². The summed E-state index contributed by atoms with van der Waals surface area (Å²) in [6.45, 7) is 3.19. The lowest BCUT2D eigenvalue weighted by molar-refractivity contribution is -0.0231. The molecule has 0 bridgehead atoms. The van der Waals surface area contributed by atoms with Crippen molar-refractivity contribution in [3.63, 3.8) is 0 Å². The number of fused-ring (bicyclic) bond motifs is 1. The third kappa shape index (κ3) is 4.99. The van der Waals surface area contributed by atoms with Crippen LogP contribution in [0.15, 0.2) is 48.8 Å². The van der Waals surface area contributed by atoms with Gasteiger partial charge < -0.3 is 19.5 Å². The molecule has 4 atom stereocenters. The molecule has 2 aliphatic rings.